The number of methoxy groups -OCH3 is 1. The van der Waals surface area contributed by atoms with Gasteiger partial charge in [0, 0.05) is 31.4 Å². The van der Waals surface area contributed by atoms with E-state index in [1.807, 2.05) is 20.8 Å². The van der Waals surface area contributed by atoms with E-state index in [0.29, 0.717) is 6.54 Å². The Kier molecular flexibility index (Phi) is 4.73. The Morgan fingerprint density at radius 3 is 2.57 bits per heavy atom. The first kappa shape index (κ1) is 16.4. The van der Waals surface area contributed by atoms with Gasteiger partial charge in [-0.05, 0) is 13.3 Å². The van der Waals surface area contributed by atoms with Crippen molar-refractivity contribution in [1.29, 1.82) is 0 Å². The average Bonchev–Trinajstić information content (AvgIpc) is 3.01. The molecule has 5 nitrogen and oxygen atoms in total. The third-order valence-corrected chi connectivity index (χ3v) is 5.22. The third kappa shape index (κ3) is 2.99. The molecule has 1 N–H and O–H groups in total. The topological polar surface area (TPSA) is 64.6 Å². The molecular formula is C16H27NO4. The van der Waals surface area contributed by atoms with E-state index in [9.17, 15) is 9.59 Å². The number of Topliss-reactive ketones (excluding diaryl/α,β-unsaturated/α-hetero) is 1. The van der Waals surface area contributed by atoms with Crippen LogP contribution in [0.1, 0.15) is 40.5 Å². The lowest BCUT2D eigenvalue weighted by Crippen LogP contribution is -2.47. The molecule has 2 aliphatic heterocycles. The fourth-order valence-corrected chi connectivity index (χ4v) is 3.41. The lowest BCUT2D eigenvalue weighted by atomic mass is 9.75. The first-order valence-electron chi connectivity index (χ1n) is 7.78. The summed E-state index contributed by atoms with van der Waals surface area (Å²) in [6.45, 7) is 7.98. The summed E-state index contributed by atoms with van der Waals surface area (Å²) in [5.41, 5.74) is -0.376. The largest absolute Gasteiger partial charge is 0.379 e. The van der Waals surface area contributed by atoms with Crippen molar-refractivity contribution >= 4 is 11.7 Å². The molecule has 21 heavy (non-hydrogen) atoms. The molecule has 0 saturated carbocycles. The van der Waals surface area contributed by atoms with Crippen LogP contribution < -0.4 is 5.32 Å². The molecule has 2 heterocycles. The van der Waals surface area contributed by atoms with Crippen molar-refractivity contribution in [2.75, 3.05) is 13.7 Å². The van der Waals surface area contributed by atoms with Crippen molar-refractivity contribution in [2.24, 2.45) is 17.3 Å². The van der Waals surface area contributed by atoms with Crippen molar-refractivity contribution in [3.05, 3.63) is 0 Å². The number of hydrogen-bond donors (Lipinski definition) is 1. The number of ketones is 1. The molecule has 0 aliphatic carbocycles. The number of carbonyl (C=O) groups excluding carboxylic acids is 2. The minimum atomic E-state index is -0.376. The second-order valence-corrected chi connectivity index (χ2v) is 6.90. The van der Waals surface area contributed by atoms with Crippen LogP contribution in [0.25, 0.3) is 0 Å². The molecule has 0 aromatic heterocycles. The molecule has 0 aromatic carbocycles. The van der Waals surface area contributed by atoms with Gasteiger partial charge in [-0.2, -0.15) is 0 Å². The van der Waals surface area contributed by atoms with Crippen molar-refractivity contribution in [3.8, 4) is 0 Å². The SMILES string of the molecule is CCC(C)(C)C(=O)NCC1C2CC(OC)C(O2)C1C(C)=O. The minimum Gasteiger partial charge on any atom is -0.379 e. The van der Waals surface area contributed by atoms with Crippen LogP contribution in [0.5, 0.6) is 0 Å². The van der Waals surface area contributed by atoms with Gasteiger partial charge in [0.1, 0.15) is 5.78 Å². The molecule has 1 amide bonds. The van der Waals surface area contributed by atoms with Gasteiger partial charge < -0.3 is 14.8 Å². The summed E-state index contributed by atoms with van der Waals surface area (Å²) in [4.78, 5) is 24.2. The fourth-order valence-electron chi connectivity index (χ4n) is 3.41. The minimum absolute atomic E-state index is 0.00272. The number of rotatable bonds is 6. The third-order valence-electron chi connectivity index (χ3n) is 5.22. The standard InChI is InChI=1S/C16H27NO4/c1-6-16(3,4)15(19)17-8-10-11-7-12(20-5)14(21-11)13(10)9(2)18/h10-14H,6-8H2,1-5H3,(H,17,19). The van der Waals surface area contributed by atoms with Crippen molar-refractivity contribution in [2.45, 2.75) is 58.8 Å². The highest BCUT2D eigenvalue weighted by Gasteiger charge is 2.56. The summed E-state index contributed by atoms with van der Waals surface area (Å²) < 4.78 is 11.3. The molecule has 5 unspecified atom stereocenters. The van der Waals surface area contributed by atoms with Gasteiger partial charge in [0.05, 0.1) is 24.2 Å². The second-order valence-electron chi connectivity index (χ2n) is 6.90. The summed E-state index contributed by atoms with van der Waals surface area (Å²) >= 11 is 0. The van der Waals surface area contributed by atoms with Gasteiger partial charge in [-0.15, -0.1) is 0 Å². The van der Waals surface area contributed by atoms with E-state index in [-0.39, 0.29) is 47.3 Å². The molecule has 2 fully saturated rings. The average molecular weight is 297 g/mol. The molecule has 5 heteroatoms. The van der Waals surface area contributed by atoms with Gasteiger partial charge in [-0.25, -0.2) is 0 Å². The number of fused-ring (bicyclic) bond motifs is 2. The summed E-state index contributed by atoms with van der Waals surface area (Å²) in [5, 5.41) is 3.01. The van der Waals surface area contributed by atoms with Crippen LogP contribution in [0.15, 0.2) is 0 Å². The van der Waals surface area contributed by atoms with E-state index in [1.165, 1.54) is 0 Å². The van der Waals surface area contributed by atoms with Crippen LogP contribution in [0.3, 0.4) is 0 Å². The molecule has 2 aliphatic rings. The van der Waals surface area contributed by atoms with E-state index in [0.717, 1.165) is 12.8 Å². The first-order chi connectivity index (χ1) is 9.81. The highest BCUT2D eigenvalue weighted by atomic mass is 16.6. The number of carbonyl (C=O) groups is 2. The van der Waals surface area contributed by atoms with Crippen LogP contribution in [-0.2, 0) is 19.1 Å². The maximum absolute atomic E-state index is 12.2. The quantitative estimate of drug-likeness (QED) is 0.808. The van der Waals surface area contributed by atoms with Crippen LogP contribution in [0, 0.1) is 17.3 Å². The summed E-state index contributed by atoms with van der Waals surface area (Å²) in [7, 11) is 1.66. The molecule has 0 aromatic rings. The van der Waals surface area contributed by atoms with Gasteiger partial charge in [-0.3, -0.25) is 9.59 Å². The van der Waals surface area contributed by atoms with Gasteiger partial charge in [0.25, 0.3) is 0 Å². The zero-order valence-corrected chi connectivity index (χ0v) is 13.6. The van der Waals surface area contributed by atoms with Crippen LogP contribution in [0.4, 0.5) is 0 Å². The van der Waals surface area contributed by atoms with Crippen molar-refractivity contribution < 1.29 is 19.1 Å². The Morgan fingerprint density at radius 1 is 1.38 bits per heavy atom. The van der Waals surface area contributed by atoms with E-state index in [4.69, 9.17) is 9.47 Å². The Bertz CT molecular complexity index is 421. The van der Waals surface area contributed by atoms with Gasteiger partial charge in [-0.1, -0.05) is 20.8 Å². The van der Waals surface area contributed by atoms with E-state index in [2.05, 4.69) is 5.32 Å². The molecule has 120 valence electrons. The predicted octanol–water partition coefficient (Wildman–Crippen LogP) is 1.55. The van der Waals surface area contributed by atoms with Crippen molar-refractivity contribution in [3.63, 3.8) is 0 Å². The Hall–Kier alpha value is -0.940. The van der Waals surface area contributed by atoms with Crippen molar-refractivity contribution in [1.82, 2.24) is 5.32 Å². The number of amides is 1. The first-order valence-corrected chi connectivity index (χ1v) is 7.78. The Balaban J connectivity index is 2.01. The van der Waals surface area contributed by atoms with E-state index >= 15 is 0 Å². The van der Waals surface area contributed by atoms with Gasteiger partial charge >= 0.3 is 0 Å². The molecule has 2 rings (SSSR count). The van der Waals surface area contributed by atoms with E-state index in [1.54, 1.807) is 14.0 Å². The highest BCUT2D eigenvalue weighted by Crippen LogP contribution is 2.44. The normalized spacial score (nSPS) is 35.0. The zero-order chi connectivity index (χ0) is 15.8. The Morgan fingerprint density at radius 2 is 2.05 bits per heavy atom. The molecule has 2 saturated heterocycles. The molecular weight excluding hydrogens is 270 g/mol. The number of ether oxygens (including phenoxy) is 2. The number of hydrogen-bond acceptors (Lipinski definition) is 4. The van der Waals surface area contributed by atoms with Gasteiger partial charge in [0.15, 0.2) is 0 Å². The van der Waals surface area contributed by atoms with Gasteiger partial charge in [0.2, 0.25) is 5.91 Å². The molecule has 0 radical (unpaired) electrons. The van der Waals surface area contributed by atoms with Crippen LogP contribution >= 0.6 is 0 Å². The zero-order valence-electron chi connectivity index (χ0n) is 13.6. The summed E-state index contributed by atoms with van der Waals surface area (Å²) in [6, 6.07) is 0. The predicted molar refractivity (Wildman–Crippen MR) is 78.8 cm³/mol. The lowest BCUT2D eigenvalue weighted by molar-refractivity contribution is -0.131. The van der Waals surface area contributed by atoms with Crippen LogP contribution in [0.2, 0.25) is 0 Å². The molecule has 5 atom stereocenters. The van der Waals surface area contributed by atoms with E-state index < -0.39 is 0 Å². The highest BCUT2D eigenvalue weighted by molar-refractivity contribution is 5.82. The second kappa shape index (κ2) is 6.05. The monoisotopic (exact) mass is 297 g/mol. The maximum atomic E-state index is 12.2. The molecule has 2 bridgehead atoms. The Labute approximate surface area is 126 Å². The maximum Gasteiger partial charge on any atom is 0.225 e. The number of nitrogens with one attached hydrogen (secondary N) is 1. The summed E-state index contributed by atoms with van der Waals surface area (Å²) in [6.07, 6.45) is 1.46. The van der Waals surface area contributed by atoms with Crippen LogP contribution in [-0.4, -0.2) is 43.7 Å². The molecule has 0 spiro atoms. The lowest BCUT2D eigenvalue weighted by Gasteiger charge is -2.31. The fraction of sp³-hybridized carbons (Fsp3) is 0.875. The summed E-state index contributed by atoms with van der Waals surface area (Å²) in [5.74, 6) is 0.0610. The smallest absolute Gasteiger partial charge is 0.225 e.